The van der Waals surface area contributed by atoms with Crippen molar-refractivity contribution >= 4 is 27.3 Å². The molecule has 1 rings (SSSR count). The van der Waals surface area contributed by atoms with Gasteiger partial charge in [0.2, 0.25) is 6.10 Å². The second kappa shape index (κ2) is 7.10. The predicted octanol–water partition coefficient (Wildman–Crippen LogP) is 4.11. The van der Waals surface area contributed by atoms with E-state index in [1.54, 1.807) is 6.07 Å². The van der Waals surface area contributed by atoms with Crippen LogP contribution in [0.15, 0.2) is 15.9 Å². The molecule has 0 atom stereocenters. The third-order valence-electron chi connectivity index (χ3n) is 2.08. The Morgan fingerprint density at radius 2 is 1.80 bits per heavy atom. The number of nitrogens with one attached hydrogen (secondary N) is 1. The SMILES string of the molecule is FC(F)(F)C(OCCNCc1cc(Br)cs1)C(F)(F)F. The molecule has 0 aliphatic heterocycles. The topological polar surface area (TPSA) is 21.3 Å². The molecule has 0 saturated heterocycles. The van der Waals surface area contributed by atoms with Gasteiger partial charge in [-0.2, -0.15) is 26.3 Å². The summed E-state index contributed by atoms with van der Waals surface area (Å²) in [6.07, 6.45) is -14.7. The summed E-state index contributed by atoms with van der Waals surface area (Å²) in [6.45, 7) is -0.448. The van der Waals surface area contributed by atoms with Crippen LogP contribution < -0.4 is 5.32 Å². The Bertz CT molecular complexity index is 405. The maximum absolute atomic E-state index is 12.1. The summed E-state index contributed by atoms with van der Waals surface area (Å²) >= 11 is 4.64. The van der Waals surface area contributed by atoms with Crippen molar-refractivity contribution in [2.75, 3.05) is 13.2 Å². The van der Waals surface area contributed by atoms with Crippen molar-refractivity contribution in [3.8, 4) is 0 Å². The molecule has 1 aromatic heterocycles. The van der Waals surface area contributed by atoms with Crippen LogP contribution in [0.3, 0.4) is 0 Å². The van der Waals surface area contributed by atoms with E-state index in [-0.39, 0.29) is 6.54 Å². The van der Waals surface area contributed by atoms with E-state index in [0.717, 1.165) is 9.35 Å². The molecule has 2 nitrogen and oxygen atoms in total. The molecule has 10 heteroatoms. The van der Waals surface area contributed by atoms with Gasteiger partial charge >= 0.3 is 12.4 Å². The second-order valence-electron chi connectivity index (χ2n) is 3.74. The standard InChI is InChI=1S/C10H10BrF6NOS/c11-6-3-7(20-5-6)4-18-1-2-19-8(9(12,13)14)10(15,16)17/h3,5,8,18H,1-2,4H2. The Hall–Kier alpha value is -0.320. The van der Waals surface area contributed by atoms with E-state index >= 15 is 0 Å². The minimum atomic E-state index is -5.46. The fraction of sp³-hybridized carbons (Fsp3) is 0.600. The van der Waals surface area contributed by atoms with Gasteiger partial charge in [-0.05, 0) is 22.0 Å². The summed E-state index contributed by atoms with van der Waals surface area (Å²) in [6, 6.07) is 1.80. The Balaban J connectivity index is 2.31. The van der Waals surface area contributed by atoms with Crippen molar-refractivity contribution in [2.24, 2.45) is 0 Å². The van der Waals surface area contributed by atoms with Gasteiger partial charge in [0.1, 0.15) is 0 Å². The van der Waals surface area contributed by atoms with Crippen LogP contribution in [-0.2, 0) is 11.3 Å². The van der Waals surface area contributed by atoms with E-state index in [4.69, 9.17) is 0 Å². The first-order valence-corrected chi connectivity index (χ1v) is 6.96. The number of alkyl halides is 6. The summed E-state index contributed by atoms with van der Waals surface area (Å²) in [5.41, 5.74) is 0. The lowest BCUT2D eigenvalue weighted by Gasteiger charge is -2.23. The highest BCUT2D eigenvalue weighted by Gasteiger charge is 2.57. The van der Waals surface area contributed by atoms with Gasteiger partial charge in [0.05, 0.1) is 6.61 Å². The second-order valence-corrected chi connectivity index (χ2v) is 5.65. The van der Waals surface area contributed by atoms with E-state index in [1.807, 2.05) is 5.38 Å². The largest absolute Gasteiger partial charge is 0.423 e. The highest BCUT2D eigenvalue weighted by atomic mass is 79.9. The fourth-order valence-electron chi connectivity index (χ4n) is 1.28. The Morgan fingerprint density at radius 3 is 2.25 bits per heavy atom. The molecule has 0 fully saturated rings. The zero-order chi connectivity index (χ0) is 15.4. The van der Waals surface area contributed by atoms with Crippen LogP contribution in [0, 0.1) is 0 Å². The van der Waals surface area contributed by atoms with Crippen molar-refractivity contribution in [3.05, 3.63) is 20.8 Å². The van der Waals surface area contributed by atoms with E-state index in [0.29, 0.717) is 6.54 Å². The zero-order valence-corrected chi connectivity index (χ0v) is 12.2. The zero-order valence-electron chi connectivity index (χ0n) is 9.82. The van der Waals surface area contributed by atoms with Crippen molar-refractivity contribution in [2.45, 2.75) is 25.0 Å². The summed E-state index contributed by atoms with van der Waals surface area (Å²) in [4.78, 5) is 0.903. The smallest absolute Gasteiger partial charge is 0.360 e. The van der Waals surface area contributed by atoms with E-state index < -0.39 is 25.1 Å². The van der Waals surface area contributed by atoms with Crippen LogP contribution in [0.25, 0.3) is 0 Å². The Morgan fingerprint density at radius 1 is 1.20 bits per heavy atom. The number of hydrogen-bond acceptors (Lipinski definition) is 3. The normalized spacial score (nSPS) is 13.2. The quantitative estimate of drug-likeness (QED) is 0.587. The van der Waals surface area contributed by atoms with Crippen LogP contribution >= 0.6 is 27.3 Å². The van der Waals surface area contributed by atoms with E-state index in [9.17, 15) is 26.3 Å². The molecular formula is C10H10BrF6NOS. The van der Waals surface area contributed by atoms with Gasteiger partial charge in [-0.1, -0.05) is 0 Å². The first kappa shape index (κ1) is 17.7. The summed E-state index contributed by atoms with van der Waals surface area (Å²) in [7, 11) is 0. The predicted molar refractivity (Wildman–Crippen MR) is 65.6 cm³/mol. The van der Waals surface area contributed by atoms with Crippen molar-refractivity contribution < 1.29 is 31.1 Å². The molecule has 0 bridgehead atoms. The maximum Gasteiger partial charge on any atom is 0.423 e. The fourth-order valence-corrected chi connectivity index (χ4v) is 2.70. The van der Waals surface area contributed by atoms with Crippen LogP contribution in [-0.4, -0.2) is 31.6 Å². The van der Waals surface area contributed by atoms with Gasteiger partial charge in [0.25, 0.3) is 0 Å². The maximum atomic E-state index is 12.1. The van der Waals surface area contributed by atoms with Crippen LogP contribution in [0.5, 0.6) is 0 Å². The van der Waals surface area contributed by atoms with Gasteiger partial charge < -0.3 is 10.1 Å². The molecule has 0 aliphatic rings. The van der Waals surface area contributed by atoms with Crippen LogP contribution in [0.1, 0.15) is 4.88 Å². The van der Waals surface area contributed by atoms with Crippen LogP contribution in [0.4, 0.5) is 26.3 Å². The number of halogens is 7. The molecule has 116 valence electrons. The summed E-state index contributed by atoms with van der Waals surface area (Å²) < 4.78 is 77.5. The molecule has 1 heterocycles. The number of rotatable bonds is 6. The molecule has 0 aliphatic carbocycles. The third kappa shape index (κ3) is 5.98. The number of thiophene rings is 1. The lowest BCUT2D eigenvalue weighted by atomic mass is 10.3. The molecule has 0 unspecified atom stereocenters. The Labute approximate surface area is 123 Å². The lowest BCUT2D eigenvalue weighted by molar-refractivity contribution is -0.321. The van der Waals surface area contributed by atoms with Gasteiger partial charge in [-0.25, -0.2) is 0 Å². The van der Waals surface area contributed by atoms with E-state index in [1.165, 1.54) is 11.3 Å². The minimum absolute atomic E-state index is 0.113. The number of hydrogen-bond donors (Lipinski definition) is 1. The molecule has 0 saturated carbocycles. The lowest BCUT2D eigenvalue weighted by Crippen LogP contribution is -2.45. The minimum Gasteiger partial charge on any atom is -0.360 e. The van der Waals surface area contributed by atoms with Gasteiger partial charge in [-0.15, -0.1) is 11.3 Å². The molecule has 0 spiro atoms. The highest BCUT2D eigenvalue weighted by molar-refractivity contribution is 9.10. The van der Waals surface area contributed by atoms with Crippen molar-refractivity contribution in [1.82, 2.24) is 5.32 Å². The molecule has 1 N–H and O–H groups in total. The molecule has 0 amide bonds. The highest BCUT2D eigenvalue weighted by Crippen LogP contribution is 2.35. The van der Waals surface area contributed by atoms with Gasteiger partial charge in [0, 0.05) is 27.8 Å². The average Bonchev–Trinajstić information content (AvgIpc) is 2.65. The average molecular weight is 386 g/mol. The van der Waals surface area contributed by atoms with E-state index in [2.05, 4.69) is 26.0 Å². The van der Waals surface area contributed by atoms with Gasteiger partial charge in [0.15, 0.2) is 0 Å². The molecule has 0 aromatic carbocycles. The molecular weight excluding hydrogens is 376 g/mol. The van der Waals surface area contributed by atoms with Crippen LogP contribution in [0.2, 0.25) is 0 Å². The Kier molecular flexibility index (Phi) is 6.29. The first-order valence-electron chi connectivity index (χ1n) is 5.29. The summed E-state index contributed by atoms with van der Waals surface area (Å²) in [5.74, 6) is 0. The molecule has 0 radical (unpaired) electrons. The number of ether oxygens (including phenoxy) is 1. The third-order valence-corrected chi connectivity index (χ3v) is 3.78. The molecule has 20 heavy (non-hydrogen) atoms. The monoisotopic (exact) mass is 385 g/mol. The van der Waals surface area contributed by atoms with Crippen molar-refractivity contribution in [3.63, 3.8) is 0 Å². The summed E-state index contributed by atoms with van der Waals surface area (Å²) in [5, 5.41) is 4.52. The molecule has 1 aromatic rings. The van der Waals surface area contributed by atoms with Gasteiger partial charge in [-0.3, -0.25) is 0 Å². The van der Waals surface area contributed by atoms with Crippen molar-refractivity contribution in [1.29, 1.82) is 0 Å². The first-order chi connectivity index (χ1) is 9.10.